The Bertz CT molecular complexity index is 1520. The van der Waals surface area contributed by atoms with E-state index < -0.39 is 0 Å². The lowest BCUT2D eigenvalue weighted by molar-refractivity contribution is -0.117. The molecule has 186 valence electrons. The van der Waals surface area contributed by atoms with Crippen molar-refractivity contribution in [2.75, 3.05) is 5.32 Å². The highest BCUT2D eigenvalue weighted by Gasteiger charge is 2.44. The van der Waals surface area contributed by atoms with Gasteiger partial charge in [0.25, 0.3) is 0 Å². The van der Waals surface area contributed by atoms with Gasteiger partial charge in [0.05, 0.1) is 11.8 Å². The minimum Gasteiger partial charge on any atom is -0.487 e. The van der Waals surface area contributed by atoms with Crippen LogP contribution in [-0.2, 0) is 17.8 Å². The number of carbonyl (C=O) groups excluding carboxylic acids is 1. The predicted octanol–water partition coefficient (Wildman–Crippen LogP) is 6.04. The molecule has 1 amide bonds. The smallest absolute Gasteiger partial charge is 0.229 e. The largest absolute Gasteiger partial charge is 0.487 e. The lowest BCUT2D eigenvalue weighted by Gasteiger charge is -2.08. The van der Waals surface area contributed by atoms with Crippen molar-refractivity contribution in [3.8, 4) is 11.8 Å². The maximum absolute atomic E-state index is 12.8. The second-order valence-electron chi connectivity index (χ2n) is 9.85. The van der Waals surface area contributed by atoms with Crippen LogP contribution in [0.3, 0.4) is 0 Å². The van der Waals surface area contributed by atoms with E-state index in [1.54, 1.807) is 18.3 Å². The minimum atomic E-state index is -0.0847. The van der Waals surface area contributed by atoms with Gasteiger partial charge in [-0.25, -0.2) is 9.97 Å². The summed E-state index contributed by atoms with van der Waals surface area (Å²) >= 11 is 6.10. The fourth-order valence-electron chi connectivity index (χ4n) is 4.86. The Morgan fingerprint density at radius 2 is 2.08 bits per heavy atom. The average Bonchev–Trinajstić information content (AvgIpc) is 3.82. The lowest BCUT2D eigenvalue weighted by atomic mass is 10.1. The number of nitriles is 1. The van der Waals surface area contributed by atoms with Crippen molar-refractivity contribution < 1.29 is 9.53 Å². The van der Waals surface area contributed by atoms with Gasteiger partial charge in [0.1, 0.15) is 23.8 Å². The number of halogens is 1. The molecule has 0 bridgehead atoms. The van der Waals surface area contributed by atoms with Crippen molar-refractivity contribution in [3.63, 3.8) is 0 Å². The van der Waals surface area contributed by atoms with Crippen LogP contribution >= 0.6 is 11.6 Å². The number of nitrogens with one attached hydrogen (secondary N) is 1. The van der Waals surface area contributed by atoms with Gasteiger partial charge in [-0.1, -0.05) is 29.8 Å². The van der Waals surface area contributed by atoms with E-state index in [1.807, 2.05) is 30.5 Å². The zero-order valence-electron chi connectivity index (χ0n) is 20.2. The van der Waals surface area contributed by atoms with Gasteiger partial charge >= 0.3 is 0 Å². The van der Waals surface area contributed by atoms with Crippen LogP contribution in [0.25, 0.3) is 5.65 Å². The summed E-state index contributed by atoms with van der Waals surface area (Å²) in [5.41, 5.74) is 5.18. The van der Waals surface area contributed by atoms with Gasteiger partial charge in [-0.05, 0) is 72.4 Å². The third-order valence-corrected chi connectivity index (χ3v) is 7.26. The molecule has 2 fully saturated rings. The first-order chi connectivity index (χ1) is 18.1. The van der Waals surface area contributed by atoms with Gasteiger partial charge in [-0.15, -0.1) is 0 Å². The van der Waals surface area contributed by atoms with Crippen molar-refractivity contribution in [2.45, 2.75) is 50.5 Å². The monoisotopic (exact) mass is 511 g/mol. The van der Waals surface area contributed by atoms with Crippen molar-refractivity contribution in [3.05, 3.63) is 88.5 Å². The maximum Gasteiger partial charge on any atom is 0.229 e. The van der Waals surface area contributed by atoms with E-state index in [0.717, 1.165) is 28.9 Å². The summed E-state index contributed by atoms with van der Waals surface area (Å²) in [5, 5.41) is 12.7. The predicted molar refractivity (Wildman–Crippen MR) is 141 cm³/mol. The highest BCUT2D eigenvalue weighted by atomic mass is 35.5. The Morgan fingerprint density at radius 1 is 1.19 bits per heavy atom. The number of rotatable bonds is 9. The molecule has 0 aliphatic heterocycles. The first-order valence-electron chi connectivity index (χ1n) is 12.6. The quantitative estimate of drug-likeness (QED) is 0.296. The number of aryl methyl sites for hydroxylation is 1. The number of hydrogen-bond acceptors (Lipinski definition) is 5. The van der Waals surface area contributed by atoms with Crippen LogP contribution in [0, 0.1) is 17.2 Å². The maximum atomic E-state index is 12.8. The number of ether oxygens (including phenoxy) is 1. The molecule has 2 unspecified atom stereocenters. The van der Waals surface area contributed by atoms with Gasteiger partial charge in [-0.2, -0.15) is 5.26 Å². The molecule has 2 aliphatic rings. The van der Waals surface area contributed by atoms with E-state index in [4.69, 9.17) is 26.6 Å². The lowest BCUT2D eigenvalue weighted by Crippen LogP contribution is -2.15. The molecule has 6 rings (SSSR count). The molecule has 2 saturated carbocycles. The number of fused-ring (bicyclic) bond motifs is 1. The fraction of sp³-hybridized carbons (Fsp3) is 0.310. The molecule has 2 atom stereocenters. The number of amides is 1. The fourth-order valence-corrected chi connectivity index (χ4v) is 5.06. The van der Waals surface area contributed by atoms with Crippen molar-refractivity contribution in [1.29, 1.82) is 5.26 Å². The van der Waals surface area contributed by atoms with E-state index in [1.165, 1.54) is 18.4 Å². The summed E-state index contributed by atoms with van der Waals surface area (Å²) < 4.78 is 8.06. The molecule has 4 aromatic rings. The Kier molecular flexibility index (Phi) is 6.27. The van der Waals surface area contributed by atoms with Crippen LogP contribution in [0.4, 0.5) is 5.82 Å². The molecule has 8 heteroatoms. The van der Waals surface area contributed by atoms with Gasteiger partial charge in [0.2, 0.25) is 5.91 Å². The van der Waals surface area contributed by atoms with Crippen molar-refractivity contribution in [2.24, 2.45) is 5.92 Å². The van der Waals surface area contributed by atoms with Crippen molar-refractivity contribution in [1.82, 2.24) is 14.4 Å². The van der Waals surface area contributed by atoms with Gasteiger partial charge in [-0.3, -0.25) is 4.79 Å². The summed E-state index contributed by atoms with van der Waals surface area (Å²) in [7, 11) is 0. The number of nitrogens with zero attached hydrogens (tertiary/aromatic N) is 4. The molecular weight excluding hydrogens is 486 g/mol. The van der Waals surface area contributed by atoms with Crippen molar-refractivity contribution >= 4 is 29.0 Å². The number of imidazole rings is 1. The zero-order chi connectivity index (χ0) is 25.4. The van der Waals surface area contributed by atoms with E-state index in [-0.39, 0.29) is 24.3 Å². The van der Waals surface area contributed by atoms with Gasteiger partial charge < -0.3 is 14.5 Å². The van der Waals surface area contributed by atoms with Gasteiger partial charge in [0, 0.05) is 42.0 Å². The second kappa shape index (κ2) is 9.87. The van der Waals surface area contributed by atoms with Gasteiger partial charge in [0.15, 0.2) is 0 Å². The molecule has 3 heterocycles. The first-order valence-corrected chi connectivity index (χ1v) is 13.0. The Balaban J connectivity index is 1.11. The van der Waals surface area contributed by atoms with Crippen LogP contribution < -0.4 is 10.1 Å². The molecule has 0 radical (unpaired) electrons. The summed E-state index contributed by atoms with van der Waals surface area (Å²) in [6, 6.07) is 15.6. The normalized spacial score (nSPS) is 18.4. The molecule has 1 N–H and O–H groups in total. The molecule has 37 heavy (non-hydrogen) atoms. The van der Waals surface area contributed by atoms with Crippen LogP contribution in [0.5, 0.6) is 5.75 Å². The van der Waals surface area contributed by atoms with Crippen LogP contribution in [0.15, 0.2) is 61.1 Å². The Labute approximate surface area is 220 Å². The molecule has 0 spiro atoms. The third kappa shape index (κ3) is 5.30. The highest BCUT2D eigenvalue weighted by molar-refractivity contribution is 6.30. The van der Waals surface area contributed by atoms with Crippen LogP contribution in [0.1, 0.15) is 59.9 Å². The van der Waals surface area contributed by atoms with E-state index >= 15 is 0 Å². The van der Waals surface area contributed by atoms with Crippen LogP contribution in [0.2, 0.25) is 5.02 Å². The standard InChI is InChI=1S/C29H26ClN5O2/c30-22-5-1-3-19(12-22)25-14-26(25)29(36)34-27-13-24(8-10-32-27)37-17-23-16-35-15-21(18-6-7-18)11-20(4-2-9-31)28(35)33-23/h1,3,5,8,10-13,15-16,18,25-26H,2,4,6-7,14,17H2,(H,32,34,36). The number of benzene rings is 1. The second-order valence-corrected chi connectivity index (χ2v) is 10.3. The molecular formula is C29H26ClN5O2. The number of carbonyl (C=O) groups is 1. The number of aromatic nitrogens is 3. The number of pyridine rings is 2. The average molecular weight is 512 g/mol. The SMILES string of the molecule is N#CCCc1cc(C2CC2)cn2cc(COc3ccnc(NC(=O)C4CC4c4cccc(Cl)c4)c3)nc12. The van der Waals surface area contributed by atoms with Crippen LogP contribution in [-0.4, -0.2) is 20.3 Å². The van der Waals surface area contributed by atoms with E-state index in [2.05, 4.69) is 33.0 Å². The summed E-state index contributed by atoms with van der Waals surface area (Å²) in [6.07, 6.45) is 10.2. The number of hydrogen-bond donors (Lipinski definition) is 1. The summed E-state index contributed by atoms with van der Waals surface area (Å²) in [5.74, 6) is 1.74. The zero-order valence-corrected chi connectivity index (χ0v) is 21.0. The molecule has 3 aromatic heterocycles. The summed E-state index contributed by atoms with van der Waals surface area (Å²) in [4.78, 5) is 21.8. The van der Waals surface area contributed by atoms with E-state index in [9.17, 15) is 4.79 Å². The topological polar surface area (TPSA) is 92.3 Å². The Morgan fingerprint density at radius 3 is 2.89 bits per heavy atom. The summed E-state index contributed by atoms with van der Waals surface area (Å²) in [6.45, 7) is 0.287. The molecule has 2 aliphatic carbocycles. The molecule has 0 saturated heterocycles. The van der Waals surface area contributed by atoms with E-state index in [0.29, 0.717) is 35.3 Å². The third-order valence-electron chi connectivity index (χ3n) is 7.03. The number of anilines is 1. The first kappa shape index (κ1) is 23.5. The molecule has 7 nitrogen and oxygen atoms in total. The highest BCUT2D eigenvalue weighted by Crippen LogP contribution is 2.48. The molecule has 1 aromatic carbocycles. The minimum absolute atomic E-state index is 0.0497. The Hall–Kier alpha value is -3.89.